The Morgan fingerprint density at radius 3 is 2.14 bits per heavy atom. The van der Waals surface area contributed by atoms with E-state index in [1.54, 1.807) is 4.90 Å². The van der Waals surface area contributed by atoms with Gasteiger partial charge in [-0.3, -0.25) is 0 Å². The normalized spacial score (nSPS) is 44.1. The van der Waals surface area contributed by atoms with Crippen LogP contribution in [0.5, 0.6) is 0 Å². The fraction of sp³-hybridized carbons (Fsp3) is 0.875. The van der Waals surface area contributed by atoms with Gasteiger partial charge in [-0.1, -0.05) is 0 Å². The molecule has 0 aromatic rings. The minimum absolute atomic E-state index is 0.0303. The van der Waals surface area contributed by atoms with Crippen molar-refractivity contribution in [3.05, 3.63) is 0 Å². The highest BCUT2D eigenvalue weighted by molar-refractivity contribution is 5.83. The largest absolute Gasteiger partial charge is 0.480 e. The van der Waals surface area contributed by atoms with Gasteiger partial charge in [-0.25, -0.2) is 9.59 Å². The molecule has 5 fully saturated rings. The van der Waals surface area contributed by atoms with Gasteiger partial charge < -0.3 is 15.3 Å². The van der Waals surface area contributed by atoms with Crippen molar-refractivity contribution >= 4 is 12.0 Å². The number of likely N-dealkylation sites (tertiary alicyclic amines) is 1. The summed E-state index contributed by atoms with van der Waals surface area (Å²) in [5.41, 5.74) is -0.0303. The zero-order valence-electron chi connectivity index (χ0n) is 12.4. The molecule has 0 aromatic heterocycles. The van der Waals surface area contributed by atoms with Gasteiger partial charge in [0.1, 0.15) is 6.04 Å². The summed E-state index contributed by atoms with van der Waals surface area (Å²) >= 11 is 0. The first-order chi connectivity index (χ1) is 10.0. The molecule has 4 saturated carbocycles. The summed E-state index contributed by atoms with van der Waals surface area (Å²) in [5, 5.41) is 12.5. The Morgan fingerprint density at radius 1 is 1.05 bits per heavy atom. The first-order valence-electron chi connectivity index (χ1n) is 8.36. The van der Waals surface area contributed by atoms with Crippen LogP contribution in [0.15, 0.2) is 0 Å². The number of carbonyl (C=O) groups is 2. The van der Waals surface area contributed by atoms with Crippen LogP contribution in [-0.4, -0.2) is 40.1 Å². The van der Waals surface area contributed by atoms with Crippen LogP contribution < -0.4 is 5.32 Å². The molecule has 21 heavy (non-hydrogen) atoms. The minimum atomic E-state index is -0.867. The van der Waals surface area contributed by atoms with E-state index >= 15 is 0 Å². The fourth-order valence-electron chi connectivity index (χ4n) is 5.83. The molecule has 4 bridgehead atoms. The number of aliphatic carboxylic acids is 1. The third-order valence-electron chi connectivity index (χ3n) is 6.21. The molecule has 0 spiro atoms. The molecule has 5 aliphatic rings. The molecule has 5 rings (SSSR count). The van der Waals surface area contributed by atoms with E-state index < -0.39 is 12.0 Å². The van der Waals surface area contributed by atoms with E-state index in [1.165, 1.54) is 19.3 Å². The monoisotopic (exact) mass is 292 g/mol. The number of urea groups is 1. The van der Waals surface area contributed by atoms with E-state index in [0.29, 0.717) is 13.0 Å². The zero-order chi connectivity index (χ0) is 14.6. The predicted octanol–water partition coefficient (Wildman–Crippen LogP) is 2.21. The van der Waals surface area contributed by atoms with Gasteiger partial charge in [0, 0.05) is 12.1 Å². The van der Waals surface area contributed by atoms with Crippen LogP contribution in [0, 0.1) is 17.8 Å². The van der Waals surface area contributed by atoms with Crippen LogP contribution >= 0.6 is 0 Å². The van der Waals surface area contributed by atoms with E-state index in [4.69, 9.17) is 0 Å². The Hall–Kier alpha value is -1.26. The lowest BCUT2D eigenvalue weighted by Gasteiger charge is -2.57. The Balaban J connectivity index is 1.48. The Bertz CT molecular complexity index is 441. The number of carbonyl (C=O) groups excluding carboxylic acids is 1. The molecule has 2 amide bonds. The van der Waals surface area contributed by atoms with Crippen molar-refractivity contribution in [2.45, 2.75) is 62.9 Å². The highest BCUT2D eigenvalue weighted by atomic mass is 16.4. The van der Waals surface area contributed by atoms with E-state index in [0.717, 1.165) is 43.4 Å². The van der Waals surface area contributed by atoms with Gasteiger partial charge >= 0.3 is 12.0 Å². The van der Waals surface area contributed by atoms with E-state index in [9.17, 15) is 14.7 Å². The SMILES string of the molecule is O=C(O)[C@@H]1CCCN1C(=O)NC12CC3CC(CC(C3)C1)C2. The Morgan fingerprint density at radius 2 is 1.62 bits per heavy atom. The molecule has 1 heterocycles. The molecular formula is C16H24N2O3. The molecule has 0 unspecified atom stereocenters. The fourth-order valence-corrected chi connectivity index (χ4v) is 5.83. The second kappa shape index (κ2) is 4.62. The van der Waals surface area contributed by atoms with Gasteiger partial charge in [0.2, 0.25) is 0 Å². The Kier molecular flexibility index (Phi) is 2.95. The highest BCUT2D eigenvalue weighted by Gasteiger charge is 2.52. The maximum Gasteiger partial charge on any atom is 0.326 e. The molecule has 4 aliphatic carbocycles. The van der Waals surface area contributed by atoms with Gasteiger partial charge in [-0.2, -0.15) is 0 Å². The molecule has 0 aromatic carbocycles. The molecule has 5 nitrogen and oxygen atoms in total. The van der Waals surface area contributed by atoms with Gasteiger partial charge in [0.25, 0.3) is 0 Å². The van der Waals surface area contributed by atoms with Crippen molar-refractivity contribution in [2.75, 3.05) is 6.54 Å². The summed E-state index contributed by atoms with van der Waals surface area (Å²) in [7, 11) is 0. The summed E-state index contributed by atoms with van der Waals surface area (Å²) in [5.74, 6) is 1.48. The summed E-state index contributed by atoms with van der Waals surface area (Å²) < 4.78 is 0. The van der Waals surface area contributed by atoms with Crippen molar-refractivity contribution in [1.29, 1.82) is 0 Å². The highest BCUT2D eigenvalue weighted by Crippen LogP contribution is 2.55. The maximum atomic E-state index is 12.6. The second-order valence-corrected chi connectivity index (χ2v) is 7.82. The van der Waals surface area contributed by atoms with Crippen molar-refractivity contribution in [2.24, 2.45) is 17.8 Å². The van der Waals surface area contributed by atoms with Gasteiger partial charge in [0.05, 0.1) is 0 Å². The number of nitrogens with zero attached hydrogens (tertiary/aromatic N) is 1. The van der Waals surface area contributed by atoms with E-state index in [-0.39, 0.29) is 11.6 Å². The predicted molar refractivity (Wildman–Crippen MR) is 76.8 cm³/mol. The molecule has 1 atom stereocenters. The summed E-state index contributed by atoms with van der Waals surface area (Å²) in [4.78, 5) is 25.4. The third kappa shape index (κ3) is 2.21. The maximum absolute atomic E-state index is 12.6. The van der Waals surface area contributed by atoms with Crippen molar-refractivity contribution in [3.8, 4) is 0 Å². The molecule has 2 N–H and O–H groups in total. The molecular weight excluding hydrogens is 268 g/mol. The lowest BCUT2D eigenvalue weighted by molar-refractivity contribution is -0.141. The second-order valence-electron chi connectivity index (χ2n) is 7.82. The van der Waals surface area contributed by atoms with Gasteiger partial charge in [-0.15, -0.1) is 0 Å². The molecule has 116 valence electrons. The van der Waals surface area contributed by atoms with Crippen molar-refractivity contribution < 1.29 is 14.7 Å². The van der Waals surface area contributed by atoms with Crippen LogP contribution in [0.3, 0.4) is 0 Å². The number of hydrogen-bond donors (Lipinski definition) is 2. The summed E-state index contributed by atoms with van der Waals surface area (Å²) in [6.07, 6.45) is 8.74. The number of amides is 2. The van der Waals surface area contributed by atoms with Crippen LogP contribution in [0.1, 0.15) is 51.4 Å². The number of rotatable bonds is 2. The summed E-state index contributed by atoms with van der Waals surface area (Å²) in [6, 6.07) is -0.763. The van der Waals surface area contributed by atoms with Gasteiger partial charge in [-0.05, 0) is 69.1 Å². The van der Waals surface area contributed by atoms with E-state index in [1.807, 2.05) is 0 Å². The van der Waals surface area contributed by atoms with Crippen LogP contribution in [0.4, 0.5) is 4.79 Å². The van der Waals surface area contributed by atoms with Crippen LogP contribution in [0.25, 0.3) is 0 Å². The smallest absolute Gasteiger partial charge is 0.326 e. The molecule has 1 aliphatic heterocycles. The summed E-state index contributed by atoms with van der Waals surface area (Å²) in [6.45, 7) is 0.579. The average molecular weight is 292 g/mol. The first-order valence-corrected chi connectivity index (χ1v) is 8.36. The number of hydrogen-bond acceptors (Lipinski definition) is 2. The lowest BCUT2D eigenvalue weighted by Crippen LogP contribution is -2.62. The van der Waals surface area contributed by atoms with Gasteiger partial charge in [0.15, 0.2) is 0 Å². The van der Waals surface area contributed by atoms with Crippen molar-refractivity contribution in [1.82, 2.24) is 10.2 Å². The first kappa shape index (κ1) is 13.4. The minimum Gasteiger partial charge on any atom is -0.480 e. The number of carboxylic acids is 1. The molecule has 5 heteroatoms. The topological polar surface area (TPSA) is 69.6 Å². The zero-order valence-corrected chi connectivity index (χ0v) is 12.4. The average Bonchev–Trinajstić information content (AvgIpc) is 2.85. The van der Waals surface area contributed by atoms with Crippen LogP contribution in [0.2, 0.25) is 0 Å². The standard InChI is InChI=1S/C16H24N2O3/c19-14(20)13-2-1-3-18(13)15(21)17-16-7-10-4-11(8-16)6-12(5-10)9-16/h10-13H,1-9H2,(H,17,21)(H,19,20)/t10?,11?,12?,13-,16?/m0/s1. The third-order valence-corrected chi connectivity index (χ3v) is 6.21. The van der Waals surface area contributed by atoms with Crippen LogP contribution in [-0.2, 0) is 4.79 Å². The molecule has 1 saturated heterocycles. The lowest BCUT2D eigenvalue weighted by atomic mass is 9.53. The van der Waals surface area contributed by atoms with E-state index in [2.05, 4.69) is 5.32 Å². The van der Waals surface area contributed by atoms with Crippen molar-refractivity contribution in [3.63, 3.8) is 0 Å². The number of nitrogens with one attached hydrogen (secondary N) is 1. The Labute approximate surface area is 125 Å². The number of carboxylic acid groups (broad SMARTS) is 1. The molecule has 0 radical (unpaired) electrons. The quantitative estimate of drug-likeness (QED) is 0.820.